The molecular formula is C8H9N3. The maximum atomic E-state index is 4.87. The van der Waals surface area contributed by atoms with Crippen LogP contribution < -0.4 is 5.84 Å². The fourth-order valence-corrected chi connectivity index (χ4v) is 0.672. The van der Waals surface area contributed by atoms with Crippen LogP contribution in [0, 0.1) is 0 Å². The molecule has 0 saturated carbocycles. The lowest BCUT2D eigenvalue weighted by molar-refractivity contribution is 1.27. The van der Waals surface area contributed by atoms with Gasteiger partial charge in [-0.25, -0.2) is 0 Å². The van der Waals surface area contributed by atoms with Crippen LogP contribution in [0.5, 0.6) is 0 Å². The first-order valence-electron chi connectivity index (χ1n) is 3.24. The van der Waals surface area contributed by atoms with Crippen LogP contribution in [0.4, 0.5) is 5.69 Å². The molecule has 56 valence electrons. The third kappa shape index (κ3) is 2.62. The van der Waals surface area contributed by atoms with Crippen molar-refractivity contribution in [3.8, 4) is 0 Å². The highest BCUT2D eigenvalue weighted by Gasteiger charge is 1.79. The Morgan fingerprint density at radius 2 is 1.82 bits per heavy atom. The first-order valence-corrected chi connectivity index (χ1v) is 3.24. The monoisotopic (exact) mass is 147 g/mol. The molecule has 0 fully saturated rings. The minimum absolute atomic E-state index is 0.896. The first-order chi connectivity index (χ1) is 5.43. The van der Waals surface area contributed by atoms with Gasteiger partial charge in [-0.05, 0) is 12.1 Å². The average Bonchev–Trinajstić information content (AvgIpc) is 2.07. The number of aliphatic imine (C=N–C) groups is 1. The van der Waals surface area contributed by atoms with Gasteiger partial charge in [0.25, 0.3) is 0 Å². The lowest BCUT2D eigenvalue weighted by Gasteiger charge is -1.87. The van der Waals surface area contributed by atoms with Crippen LogP contribution in [0.25, 0.3) is 0 Å². The van der Waals surface area contributed by atoms with E-state index in [0.29, 0.717) is 0 Å². The predicted molar refractivity (Wildman–Crippen MR) is 47.3 cm³/mol. The largest absolute Gasteiger partial charge is 0.323 e. The van der Waals surface area contributed by atoms with E-state index in [1.165, 1.54) is 6.21 Å². The van der Waals surface area contributed by atoms with Crippen molar-refractivity contribution >= 4 is 18.1 Å². The number of hydrogen-bond donors (Lipinski definition) is 1. The van der Waals surface area contributed by atoms with Crippen LogP contribution in [0.1, 0.15) is 0 Å². The first kappa shape index (κ1) is 7.47. The van der Waals surface area contributed by atoms with E-state index in [0.717, 1.165) is 5.69 Å². The number of rotatable bonds is 2. The van der Waals surface area contributed by atoms with Crippen LogP contribution >= 0.6 is 0 Å². The molecule has 11 heavy (non-hydrogen) atoms. The topological polar surface area (TPSA) is 50.7 Å². The number of nitrogens with zero attached hydrogens (tertiary/aromatic N) is 2. The van der Waals surface area contributed by atoms with E-state index < -0.39 is 0 Å². The molecule has 2 N–H and O–H groups in total. The second-order valence-corrected chi connectivity index (χ2v) is 1.91. The van der Waals surface area contributed by atoms with Crippen molar-refractivity contribution in [2.24, 2.45) is 15.9 Å². The zero-order valence-corrected chi connectivity index (χ0v) is 6.01. The average molecular weight is 147 g/mol. The highest BCUT2D eigenvalue weighted by atomic mass is 15.1. The molecule has 1 rings (SSSR count). The van der Waals surface area contributed by atoms with Crippen molar-refractivity contribution in [1.82, 2.24) is 0 Å². The summed E-state index contributed by atoms with van der Waals surface area (Å²) in [5, 5.41) is 3.28. The lowest BCUT2D eigenvalue weighted by Crippen LogP contribution is -1.82. The van der Waals surface area contributed by atoms with Gasteiger partial charge in [-0.1, -0.05) is 18.2 Å². The number of nitrogens with two attached hydrogens (primary N) is 1. The summed E-state index contributed by atoms with van der Waals surface area (Å²) >= 11 is 0. The Hall–Kier alpha value is -1.64. The van der Waals surface area contributed by atoms with Crippen molar-refractivity contribution in [3.05, 3.63) is 30.3 Å². The summed E-state index contributed by atoms with van der Waals surface area (Å²) in [6.07, 6.45) is 2.99. The lowest BCUT2D eigenvalue weighted by atomic mass is 10.3. The molecule has 0 radical (unpaired) electrons. The van der Waals surface area contributed by atoms with Crippen molar-refractivity contribution in [1.29, 1.82) is 0 Å². The molecule has 3 nitrogen and oxygen atoms in total. The maximum absolute atomic E-state index is 4.87. The van der Waals surface area contributed by atoms with E-state index in [1.54, 1.807) is 6.21 Å². The standard InChI is InChI=1S/C8H9N3/c9-11-7-6-10-8-4-2-1-3-5-8/h1-7H,9H2. The third-order valence-corrected chi connectivity index (χ3v) is 1.13. The summed E-state index contributed by atoms with van der Waals surface area (Å²) in [6, 6.07) is 9.59. The molecule has 0 saturated heterocycles. The molecule has 0 unspecified atom stereocenters. The second kappa shape index (κ2) is 4.22. The summed E-state index contributed by atoms with van der Waals surface area (Å²) in [5.74, 6) is 4.87. The molecule has 0 heterocycles. The summed E-state index contributed by atoms with van der Waals surface area (Å²) in [7, 11) is 0. The van der Waals surface area contributed by atoms with Crippen LogP contribution in [0.2, 0.25) is 0 Å². The molecule has 1 aromatic rings. The van der Waals surface area contributed by atoms with Crippen LogP contribution in [-0.4, -0.2) is 12.4 Å². The Labute approximate surface area is 65.3 Å². The molecule has 3 heteroatoms. The van der Waals surface area contributed by atoms with Gasteiger partial charge < -0.3 is 5.84 Å². The minimum atomic E-state index is 0.896. The highest BCUT2D eigenvalue weighted by Crippen LogP contribution is 2.07. The van der Waals surface area contributed by atoms with Crippen molar-refractivity contribution in [2.75, 3.05) is 0 Å². The summed E-state index contributed by atoms with van der Waals surface area (Å²) in [5.41, 5.74) is 0.896. The van der Waals surface area contributed by atoms with Gasteiger partial charge >= 0.3 is 0 Å². The molecule has 1 aromatic carbocycles. The van der Waals surface area contributed by atoms with E-state index in [4.69, 9.17) is 5.84 Å². The number of para-hydroxylation sites is 1. The number of hydrazone groups is 1. The van der Waals surface area contributed by atoms with Crippen LogP contribution in [-0.2, 0) is 0 Å². The Morgan fingerprint density at radius 3 is 2.45 bits per heavy atom. The summed E-state index contributed by atoms with van der Waals surface area (Å²) in [4.78, 5) is 4.04. The van der Waals surface area contributed by atoms with Gasteiger partial charge in [0, 0.05) is 6.21 Å². The van der Waals surface area contributed by atoms with Crippen molar-refractivity contribution in [2.45, 2.75) is 0 Å². The van der Waals surface area contributed by atoms with Gasteiger partial charge in [0.1, 0.15) is 0 Å². The smallest absolute Gasteiger partial charge is 0.0648 e. The molecule has 0 spiro atoms. The van der Waals surface area contributed by atoms with Gasteiger partial charge in [0.2, 0.25) is 0 Å². The van der Waals surface area contributed by atoms with Crippen LogP contribution in [0.15, 0.2) is 40.4 Å². The Morgan fingerprint density at radius 1 is 1.09 bits per heavy atom. The maximum Gasteiger partial charge on any atom is 0.0648 e. The van der Waals surface area contributed by atoms with Crippen LogP contribution in [0.3, 0.4) is 0 Å². The molecular weight excluding hydrogens is 138 g/mol. The predicted octanol–water partition coefficient (Wildman–Crippen LogP) is 1.33. The molecule has 0 aliphatic heterocycles. The van der Waals surface area contributed by atoms with E-state index in [9.17, 15) is 0 Å². The molecule has 0 aliphatic rings. The van der Waals surface area contributed by atoms with E-state index in [-0.39, 0.29) is 0 Å². The highest BCUT2D eigenvalue weighted by molar-refractivity contribution is 6.16. The van der Waals surface area contributed by atoms with Gasteiger partial charge in [-0.3, -0.25) is 4.99 Å². The number of hydrogen-bond acceptors (Lipinski definition) is 3. The van der Waals surface area contributed by atoms with Gasteiger partial charge in [-0.2, -0.15) is 5.10 Å². The minimum Gasteiger partial charge on any atom is -0.323 e. The van der Waals surface area contributed by atoms with E-state index in [2.05, 4.69) is 10.1 Å². The molecule has 0 bridgehead atoms. The third-order valence-electron chi connectivity index (χ3n) is 1.13. The van der Waals surface area contributed by atoms with Gasteiger partial charge in [-0.15, -0.1) is 0 Å². The molecule has 0 amide bonds. The Bertz CT molecular complexity index is 251. The van der Waals surface area contributed by atoms with Crippen molar-refractivity contribution in [3.63, 3.8) is 0 Å². The van der Waals surface area contributed by atoms with Gasteiger partial charge in [0.05, 0.1) is 11.9 Å². The van der Waals surface area contributed by atoms with Crippen molar-refractivity contribution < 1.29 is 0 Å². The normalized spacial score (nSPS) is 11.3. The van der Waals surface area contributed by atoms with E-state index in [1.807, 2.05) is 30.3 Å². The Kier molecular flexibility index (Phi) is 2.86. The van der Waals surface area contributed by atoms with Gasteiger partial charge in [0.15, 0.2) is 0 Å². The fraction of sp³-hybridized carbons (Fsp3) is 0. The SMILES string of the molecule is NN=CC=Nc1ccccc1. The molecule has 0 aliphatic carbocycles. The summed E-state index contributed by atoms with van der Waals surface area (Å²) in [6.45, 7) is 0. The fourth-order valence-electron chi connectivity index (χ4n) is 0.672. The summed E-state index contributed by atoms with van der Waals surface area (Å²) < 4.78 is 0. The van der Waals surface area contributed by atoms with E-state index >= 15 is 0 Å². The zero-order valence-electron chi connectivity index (χ0n) is 6.01. The Balaban J connectivity index is 2.64. The number of benzene rings is 1. The second-order valence-electron chi connectivity index (χ2n) is 1.91. The molecule has 0 atom stereocenters. The molecule has 0 aromatic heterocycles. The quantitative estimate of drug-likeness (QED) is 0.383. The zero-order chi connectivity index (χ0) is 7.94.